The van der Waals surface area contributed by atoms with Crippen molar-refractivity contribution in [2.24, 2.45) is 0 Å². The highest BCUT2D eigenvalue weighted by atomic mass is 32.1. The molecule has 0 aliphatic heterocycles. The molecule has 0 spiro atoms. The topological polar surface area (TPSA) is 23.5 Å². The number of hydrogen-bond acceptors (Lipinski definition) is 3. The Balaban J connectivity index is 2.06. The van der Waals surface area contributed by atoms with Crippen LogP contribution in [0.3, 0.4) is 0 Å². The zero-order valence-electron chi connectivity index (χ0n) is 10.1. The van der Waals surface area contributed by atoms with E-state index in [1.165, 1.54) is 10.6 Å². The third-order valence-electron chi connectivity index (χ3n) is 2.79. The van der Waals surface area contributed by atoms with Crippen LogP contribution in [0.1, 0.15) is 23.5 Å². The minimum Gasteiger partial charge on any atom is -0.389 e. The molecule has 3 heteroatoms. The van der Waals surface area contributed by atoms with Crippen LogP contribution in [0.25, 0.3) is 0 Å². The Bertz CT molecular complexity index is 448. The molecule has 17 heavy (non-hydrogen) atoms. The number of benzene rings is 1. The molecule has 1 aromatic carbocycles. The predicted octanol–water partition coefficient (Wildman–Crippen LogP) is 3.44. The summed E-state index contributed by atoms with van der Waals surface area (Å²) in [6.45, 7) is 2.70. The van der Waals surface area contributed by atoms with Crippen LogP contribution in [0.15, 0.2) is 41.8 Å². The van der Waals surface area contributed by atoms with Crippen molar-refractivity contribution in [1.82, 2.24) is 0 Å². The zero-order valence-corrected chi connectivity index (χ0v) is 10.9. The minimum absolute atomic E-state index is 0.397. The van der Waals surface area contributed by atoms with Crippen LogP contribution in [0.4, 0.5) is 5.69 Å². The molecule has 1 heterocycles. The molecule has 2 aromatic rings. The van der Waals surface area contributed by atoms with E-state index >= 15 is 0 Å². The average Bonchev–Trinajstić information content (AvgIpc) is 2.82. The molecule has 0 bridgehead atoms. The molecule has 0 unspecified atom stereocenters. The number of thiophene rings is 1. The van der Waals surface area contributed by atoms with Crippen LogP contribution in [0, 0.1) is 0 Å². The first-order valence-electron chi connectivity index (χ1n) is 5.68. The number of aliphatic hydroxyl groups is 1. The second-order valence-electron chi connectivity index (χ2n) is 4.20. The molecule has 1 atom stereocenters. The SMILES string of the molecule is C[C@H](O)c1ccc(N(C)Cc2cccs2)cc1. The van der Waals surface area contributed by atoms with Crippen LogP contribution in [-0.4, -0.2) is 12.2 Å². The summed E-state index contributed by atoms with van der Waals surface area (Å²) in [5, 5.41) is 11.5. The Morgan fingerprint density at radius 2 is 1.94 bits per heavy atom. The van der Waals surface area contributed by atoms with Crippen molar-refractivity contribution < 1.29 is 5.11 Å². The van der Waals surface area contributed by atoms with Gasteiger partial charge in [0.2, 0.25) is 0 Å². The van der Waals surface area contributed by atoms with Crippen molar-refractivity contribution >= 4 is 17.0 Å². The molecule has 2 rings (SSSR count). The third-order valence-corrected chi connectivity index (χ3v) is 3.65. The van der Waals surface area contributed by atoms with E-state index in [0.717, 1.165) is 12.1 Å². The van der Waals surface area contributed by atoms with Crippen LogP contribution in [-0.2, 0) is 6.54 Å². The Morgan fingerprint density at radius 1 is 1.24 bits per heavy atom. The van der Waals surface area contributed by atoms with Crippen LogP contribution in [0.2, 0.25) is 0 Å². The number of aliphatic hydroxyl groups excluding tert-OH is 1. The fourth-order valence-electron chi connectivity index (χ4n) is 1.73. The summed E-state index contributed by atoms with van der Waals surface area (Å²) in [6.07, 6.45) is -0.397. The molecular formula is C14H17NOS. The maximum absolute atomic E-state index is 9.45. The molecule has 0 radical (unpaired) electrons. The summed E-state index contributed by atoms with van der Waals surface area (Å²) in [5.41, 5.74) is 2.13. The van der Waals surface area contributed by atoms with Gasteiger partial charge in [-0.05, 0) is 36.1 Å². The number of nitrogens with zero attached hydrogens (tertiary/aromatic N) is 1. The molecule has 0 fully saturated rings. The molecule has 0 saturated carbocycles. The number of anilines is 1. The van der Waals surface area contributed by atoms with E-state index in [4.69, 9.17) is 0 Å². The molecular weight excluding hydrogens is 230 g/mol. The predicted molar refractivity (Wildman–Crippen MR) is 73.5 cm³/mol. The fourth-order valence-corrected chi connectivity index (χ4v) is 2.49. The summed E-state index contributed by atoms with van der Waals surface area (Å²) < 4.78 is 0. The highest BCUT2D eigenvalue weighted by Crippen LogP contribution is 2.20. The van der Waals surface area contributed by atoms with E-state index < -0.39 is 6.10 Å². The van der Waals surface area contributed by atoms with Crippen molar-refractivity contribution in [3.63, 3.8) is 0 Å². The molecule has 1 aromatic heterocycles. The lowest BCUT2D eigenvalue weighted by molar-refractivity contribution is 0.199. The Hall–Kier alpha value is -1.32. The van der Waals surface area contributed by atoms with Gasteiger partial charge in [0.15, 0.2) is 0 Å². The second kappa shape index (κ2) is 5.34. The molecule has 1 N–H and O–H groups in total. The summed E-state index contributed by atoms with van der Waals surface area (Å²) in [4.78, 5) is 3.56. The first-order chi connectivity index (χ1) is 8.16. The van der Waals surface area contributed by atoms with Gasteiger partial charge < -0.3 is 10.0 Å². The van der Waals surface area contributed by atoms with E-state index in [-0.39, 0.29) is 0 Å². The third kappa shape index (κ3) is 3.08. The Labute approximate surface area is 106 Å². The molecule has 90 valence electrons. The van der Waals surface area contributed by atoms with Gasteiger partial charge >= 0.3 is 0 Å². The van der Waals surface area contributed by atoms with E-state index in [9.17, 15) is 5.11 Å². The van der Waals surface area contributed by atoms with Gasteiger partial charge in [-0.3, -0.25) is 0 Å². The number of hydrogen-bond donors (Lipinski definition) is 1. The Morgan fingerprint density at radius 3 is 2.47 bits per heavy atom. The minimum atomic E-state index is -0.397. The molecule has 0 saturated heterocycles. The summed E-state index contributed by atoms with van der Waals surface area (Å²) in [7, 11) is 2.08. The van der Waals surface area contributed by atoms with Gasteiger partial charge in [0, 0.05) is 17.6 Å². The molecule has 0 aliphatic rings. The van der Waals surface area contributed by atoms with Crippen molar-refractivity contribution in [2.45, 2.75) is 19.6 Å². The van der Waals surface area contributed by atoms with Crippen LogP contribution in [0.5, 0.6) is 0 Å². The lowest BCUT2D eigenvalue weighted by Gasteiger charge is -2.19. The lowest BCUT2D eigenvalue weighted by Crippen LogP contribution is -2.15. The molecule has 2 nitrogen and oxygen atoms in total. The monoisotopic (exact) mass is 247 g/mol. The first kappa shape index (κ1) is 12.1. The van der Waals surface area contributed by atoms with E-state index in [1.807, 2.05) is 12.1 Å². The summed E-state index contributed by atoms with van der Waals surface area (Å²) >= 11 is 1.77. The zero-order chi connectivity index (χ0) is 12.3. The smallest absolute Gasteiger partial charge is 0.0761 e. The average molecular weight is 247 g/mol. The fraction of sp³-hybridized carbons (Fsp3) is 0.286. The maximum atomic E-state index is 9.45. The van der Waals surface area contributed by atoms with E-state index in [0.29, 0.717) is 0 Å². The molecule has 0 aliphatic carbocycles. The van der Waals surface area contributed by atoms with Crippen molar-refractivity contribution in [2.75, 3.05) is 11.9 Å². The highest BCUT2D eigenvalue weighted by Gasteiger charge is 2.04. The van der Waals surface area contributed by atoms with Crippen molar-refractivity contribution in [1.29, 1.82) is 0 Å². The van der Waals surface area contributed by atoms with Gasteiger partial charge in [-0.25, -0.2) is 0 Å². The normalized spacial score (nSPS) is 12.4. The van der Waals surface area contributed by atoms with Gasteiger partial charge in [-0.2, -0.15) is 0 Å². The van der Waals surface area contributed by atoms with Crippen LogP contribution < -0.4 is 4.90 Å². The summed E-state index contributed by atoms with van der Waals surface area (Å²) in [5.74, 6) is 0. The highest BCUT2D eigenvalue weighted by molar-refractivity contribution is 7.09. The Kier molecular flexibility index (Phi) is 3.82. The van der Waals surface area contributed by atoms with Crippen molar-refractivity contribution in [3.8, 4) is 0 Å². The van der Waals surface area contributed by atoms with E-state index in [2.05, 4.69) is 41.6 Å². The lowest BCUT2D eigenvalue weighted by atomic mass is 10.1. The quantitative estimate of drug-likeness (QED) is 0.894. The number of rotatable bonds is 4. The maximum Gasteiger partial charge on any atom is 0.0761 e. The second-order valence-corrected chi connectivity index (χ2v) is 5.24. The van der Waals surface area contributed by atoms with Gasteiger partial charge in [0.1, 0.15) is 0 Å². The summed E-state index contributed by atoms with van der Waals surface area (Å²) in [6, 6.07) is 12.3. The standard InChI is InChI=1S/C14H17NOS/c1-11(16)12-5-7-13(8-6-12)15(2)10-14-4-3-9-17-14/h3-9,11,16H,10H2,1-2H3/t11-/m0/s1. The molecule has 0 amide bonds. The van der Waals surface area contributed by atoms with Crippen LogP contribution >= 0.6 is 11.3 Å². The largest absolute Gasteiger partial charge is 0.389 e. The van der Waals surface area contributed by atoms with Gasteiger partial charge in [-0.15, -0.1) is 11.3 Å². The van der Waals surface area contributed by atoms with Gasteiger partial charge in [-0.1, -0.05) is 18.2 Å². The van der Waals surface area contributed by atoms with Gasteiger partial charge in [0.25, 0.3) is 0 Å². The van der Waals surface area contributed by atoms with Crippen molar-refractivity contribution in [3.05, 3.63) is 52.2 Å². The first-order valence-corrected chi connectivity index (χ1v) is 6.56. The van der Waals surface area contributed by atoms with Gasteiger partial charge in [0.05, 0.1) is 12.6 Å². The van der Waals surface area contributed by atoms with E-state index in [1.54, 1.807) is 18.3 Å².